The number of hydrogen-bond donors (Lipinski definition) is 0. The number of hydrogen-bond acceptors (Lipinski definition) is 3. The van der Waals surface area contributed by atoms with Gasteiger partial charge in [0.15, 0.2) is 0 Å². The van der Waals surface area contributed by atoms with E-state index in [1.807, 2.05) is 47.1 Å². The van der Waals surface area contributed by atoms with Gasteiger partial charge in [0.2, 0.25) is 0 Å². The predicted molar refractivity (Wildman–Crippen MR) is 131 cm³/mol. The van der Waals surface area contributed by atoms with Crippen LogP contribution in [0.15, 0.2) is 54.6 Å². The van der Waals surface area contributed by atoms with Crippen LogP contribution in [0.5, 0.6) is 5.75 Å². The molecule has 2 heterocycles. The number of unbranched alkanes of at least 4 members (excludes halogenated alkanes) is 1. The number of ether oxygens (including phenoxy) is 1. The molecule has 1 unspecified atom stereocenters. The molecule has 2 aromatic carbocycles. The summed E-state index contributed by atoms with van der Waals surface area (Å²) in [4.78, 5) is 15.7. The number of carbonyl (C=O) groups excluding carboxylic acids is 1. The predicted octanol–water partition coefficient (Wildman–Crippen LogP) is 6.13. The molecule has 1 amide bonds. The smallest absolute Gasteiger partial charge is 0.272 e. The Morgan fingerprint density at radius 3 is 2.48 bits per heavy atom. The summed E-state index contributed by atoms with van der Waals surface area (Å²) in [7, 11) is 1.69. The van der Waals surface area contributed by atoms with Crippen molar-refractivity contribution in [1.82, 2.24) is 14.7 Å². The van der Waals surface area contributed by atoms with Crippen LogP contribution in [0.25, 0.3) is 11.3 Å². The summed E-state index contributed by atoms with van der Waals surface area (Å²) in [6.07, 6.45) is 5.48. The van der Waals surface area contributed by atoms with E-state index in [9.17, 15) is 4.79 Å². The molecule has 1 fully saturated rings. The first-order valence-electron chi connectivity index (χ1n) is 11.8. The van der Waals surface area contributed by atoms with E-state index in [2.05, 4.69) is 24.0 Å². The molecule has 1 aliphatic carbocycles. The highest BCUT2D eigenvalue weighted by atomic mass is 35.5. The van der Waals surface area contributed by atoms with E-state index in [4.69, 9.17) is 21.4 Å². The molecule has 33 heavy (non-hydrogen) atoms. The molecule has 0 N–H and O–H groups in total. The lowest BCUT2D eigenvalue weighted by Crippen LogP contribution is -2.46. The van der Waals surface area contributed by atoms with Crippen molar-refractivity contribution >= 4 is 17.5 Å². The van der Waals surface area contributed by atoms with Gasteiger partial charge in [0.1, 0.15) is 11.4 Å². The van der Waals surface area contributed by atoms with Crippen LogP contribution in [0.3, 0.4) is 0 Å². The molecule has 1 aliphatic heterocycles. The topological polar surface area (TPSA) is 47.4 Å². The minimum Gasteiger partial charge on any atom is -0.497 e. The maximum absolute atomic E-state index is 13.6. The highest BCUT2D eigenvalue weighted by Gasteiger charge is 2.47. The number of nitrogens with zero attached hydrogens (tertiary/aromatic N) is 3. The zero-order valence-corrected chi connectivity index (χ0v) is 20.0. The molecule has 5 rings (SSSR count). The minimum atomic E-state index is 0.0540. The first-order chi connectivity index (χ1) is 16.0. The maximum Gasteiger partial charge on any atom is 0.272 e. The van der Waals surface area contributed by atoms with E-state index in [1.54, 1.807) is 7.11 Å². The van der Waals surface area contributed by atoms with Crippen LogP contribution in [0.1, 0.15) is 61.1 Å². The van der Waals surface area contributed by atoms with Gasteiger partial charge in [-0.1, -0.05) is 55.6 Å². The monoisotopic (exact) mass is 463 g/mol. The summed E-state index contributed by atoms with van der Waals surface area (Å²) in [6, 6.07) is 18.1. The van der Waals surface area contributed by atoms with Crippen LogP contribution in [0.4, 0.5) is 0 Å². The second-order valence-electron chi connectivity index (χ2n) is 9.36. The molecule has 172 valence electrons. The zero-order chi connectivity index (χ0) is 23.0. The average molecular weight is 464 g/mol. The lowest BCUT2D eigenvalue weighted by Gasteiger charge is -2.36. The van der Waals surface area contributed by atoms with Crippen molar-refractivity contribution in [3.63, 3.8) is 0 Å². The van der Waals surface area contributed by atoms with Gasteiger partial charge in [-0.05, 0) is 55.2 Å². The van der Waals surface area contributed by atoms with Crippen molar-refractivity contribution in [2.24, 2.45) is 0 Å². The Bertz CT molecular complexity index is 1130. The minimum absolute atomic E-state index is 0.0540. The molecular weight excluding hydrogens is 434 g/mol. The van der Waals surface area contributed by atoms with Crippen LogP contribution in [0, 0.1) is 0 Å². The second-order valence-corrected chi connectivity index (χ2v) is 9.79. The number of aromatic nitrogens is 2. The number of amides is 1. The summed E-state index contributed by atoms with van der Waals surface area (Å²) in [5.41, 5.74) is 3.85. The van der Waals surface area contributed by atoms with Crippen molar-refractivity contribution in [2.45, 2.75) is 50.5 Å². The summed E-state index contributed by atoms with van der Waals surface area (Å²) < 4.78 is 7.30. The summed E-state index contributed by atoms with van der Waals surface area (Å²) in [5, 5.41) is 5.57. The SMILES string of the molecule is CCCCC1CN(CC2(c3ccc(OC)cc3)CC2)C(=O)c2cc(-c3ccc(Cl)cc3)nn21. The Kier molecular flexibility index (Phi) is 5.92. The van der Waals surface area contributed by atoms with Gasteiger partial charge in [-0.15, -0.1) is 0 Å². The van der Waals surface area contributed by atoms with E-state index in [1.165, 1.54) is 5.56 Å². The molecule has 0 bridgehead atoms. The number of carbonyl (C=O) groups is 1. The fraction of sp³-hybridized carbons (Fsp3) is 0.407. The molecule has 0 radical (unpaired) electrons. The van der Waals surface area contributed by atoms with Gasteiger partial charge in [-0.2, -0.15) is 5.10 Å². The summed E-state index contributed by atoms with van der Waals surface area (Å²) >= 11 is 6.06. The molecule has 0 saturated heterocycles. The molecule has 1 aromatic heterocycles. The first kappa shape index (κ1) is 22.0. The van der Waals surface area contributed by atoms with Crippen LogP contribution >= 0.6 is 11.6 Å². The van der Waals surface area contributed by atoms with Crippen molar-refractivity contribution in [3.8, 4) is 17.0 Å². The summed E-state index contributed by atoms with van der Waals surface area (Å²) in [6.45, 7) is 3.67. The van der Waals surface area contributed by atoms with E-state index in [0.29, 0.717) is 17.3 Å². The number of rotatable bonds is 8. The van der Waals surface area contributed by atoms with Gasteiger partial charge in [0, 0.05) is 29.1 Å². The fourth-order valence-corrected chi connectivity index (χ4v) is 5.09. The highest BCUT2D eigenvalue weighted by Crippen LogP contribution is 2.49. The molecular formula is C27H30ClN3O2. The van der Waals surface area contributed by atoms with Gasteiger partial charge in [-0.25, -0.2) is 0 Å². The van der Waals surface area contributed by atoms with E-state index >= 15 is 0 Å². The van der Waals surface area contributed by atoms with Gasteiger partial charge >= 0.3 is 0 Å². The Balaban J connectivity index is 1.43. The third-order valence-corrected chi connectivity index (χ3v) is 7.35. The van der Waals surface area contributed by atoms with Gasteiger partial charge < -0.3 is 9.64 Å². The molecule has 2 aliphatic rings. The third kappa shape index (κ3) is 4.26. The van der Waals surface area contributed by atoms with E-state index in [0.717, 1.165) is 55.7 Å². The lowest BCUT2D eigenvalue weighted by molar-refractivity contribution is 0.0630. The van der Waals surface area contributed by atoms with E-state index in [-0.39, 0.29) is 17.4 Å². The fourth-order valence-electron chi connectivity index (χ4n) is 4.96. The largest absolute Gasteiger partial charge is 0.497 e. The van der Waals surface area contributed by atoms with Crippen molar-refractivity contribution in [1.29, 1.82) is 0 Å². The summed E-state index contributed by atoms with van der Waals surface area (Å²) in [5.74, 6) is 0.942. The first-order valence-corrected chi connectivity index (χ1v) is 12.2. The van der Waals surface area contributed by atoms with Crippen molar-refractivity contribution in [3.05, 3.63) is 70.9 Å². The number of fused-ring (bicyclic) bond motifs is 1. The standard InChI is InChI=1S/C27H30ClN3O2/c1-3-4-5-22-17-30(18-27(14-15-27)20-8-12-23(33-2)13-9-20)26(32)25-16-24(29-31(22)25)19-6-10-21(28)11-7-19/h6-13,16,22H,3-5,14-15,17-18H2,1-2H3. The molecule has 5 nitrogen and oxygen atoms in total. The Labute approximate surface area is 200 Å². The molecule has 1 atom stereocenters. The molecule has 6 heteroatoms. The van der Waals surface area contributed by atoms with Crippen molar-refractivity contribution < 1.29 is 9.53 Å². The van der Waals surface area contributed by atoms with Crippen LogP contribution in [-0.2, 0) is 5.41 Å². The number of halogens is 1. The average Bonchev–Trinajstić information content (AvgIpc) is 3.48. The Morgan fingerprint density at radius 2 is 1.85 bits per heavy atom. The van der Waals surface area contributed by atoms with Gasteiger partial charge in [0.05, 0.1) is 18.8 Å². The number of benzene rings is 2. The normalized spacial score (nSPS) is 18.8. The highest BCUT2D eigenvalue weighted by molar-refractivity contribution is 6.30. The van der Waals surface area contributed by atoms with E-state index < -0.39 is 0 Å². The quantitative estimate of drug-likeness (QED) is 0.403. The Hall–Kier alpha value is -2.79. The molecule has 0 spiro atoms. The molecule has 1 saturated carbocycles. The third-order valence-electron chi connectivity index (χ3n) is 7.10. The Morgan fingerprint density at radius 1 is 1.12 bits per heavy atom. The number of methoxy groups -OCH3 is 1. The van der Waals surface area contributed by atoms with Gasteiger partial charge in [-0.3, -0.25) is 9.48 Å². The van der Waals surface area contributed by atoms with Crippen LogP contribution in [0.2, 0.25) is 5.02 Å². The van der Waals surface area contributed by atoms with Gasteiger partial charge in [0.25, 0.3) is 5.91 Å². The molecule has 3 aromatic rings. The zero-order valence-electron chi connectivity index (χ0n) is 19.3. The lowest BCUT2D eigenvalue weighted by atomic mass is 9.94. The van der Waals surface area contributed by atoms with Crippen LogP contribution < -0.4 is 4.74 Å². The maximum atomic E-state index is 13.6. The van der Waals surface area contributed by atoms with Crippen LogP contribution in [-0.4, -0.2) is 40.8 Å². The van der Waals surface area contributed by atoms with Crippen molar-refractivity contribution in [2.75, 3.05) is 20.2 Å². The second kappa shape index (κ2) is 8.86.